The number of hydrogen-bond donors (Lipinski definition) is 1. The number of nitrogens with zero attached hydrogens (tertiary/aromatic N) is 3. The molecule has 2 amide bonds. The monoisotopic (exact) mass is 372 g/mol. The number of ether oxygens (including phenoxy) is 1. The molecule has 0 spiro atoms. The molecule has 1 aromatic carbocycles. The lowest BCUT2D eigenvalue weighted by atomic mass is 9.85. The molecule has 1 saturated carbocycles. The van der Waals surface area contributed by atoms with E-state index in [-0.39, 0.29) is 17.8 Å². The van der Waals surface area contributed by atoms with Crippen LogP contribution in [0.5, 0.6) is 0 Å². The lowest BCUT2D eigenvalue weighted by Crippen LogP contribution is -2.44. The molecule has 27 heavy (non-hydrogen) atoms. The normalized spacial score (nSPS) is 20.0. The Kier molecular flexibility index (Phi) is 4.95. The lowest BCUT2D eigenvalue weighted by Gasteiger charge is -2.33. The number of aryl methyl sites for hydroxylation is 2. The van der Waals surface area contributed by atoms with Crippen molar-refractivity contribution in [2.75, 3.05) is 25.0 Å². The predicted octanol–water partition coefficient (Wildman–Crippen LogP) is 2.69. The van der Waals surface area contributed by atoms with Crippen molar-refractivity contribution >= 4 is 22.8 Å². The summed E-state index contributed by atoms with van der Waals surface area (Å²) in [4.78, 5) is 27.0. The summed E-state index contributed by atoms with van der Waals surface area (Å²) in [6.07, 6.45) is 5.90. The van der Waals surface area contributed by atoms with Crippen LogP contribution in [-0.4, -0.2) is 45.9 Å². The van der Waals surface area contributed by atoms with E-state index in [4.69, 9.17) is 4.74 Å². The molecule has 1 saturated heterocycles. The van der Waals surface area contributed by atoms with Gasteiger partial charge in [-0.25, -0.2) is 9.59 Å². The van der Waals surface area contributed by atoms with E-state index >= 15 is 0 Å². The molecule has 1 aliphatic carbocycles. The van der Waals surface area contributed by atoms with Crippen LogP contribution in [0.25, 0.3) is 11.0 Å². The van der Waals surface area contributed by atoms with Gasteiger partial charge in [-0.05, 0) is 49.8 Å². The number of nitrogens with one attached hydrogen (secondary N) is 1. The molecule has 0 bridgehead atoms. The lowest BCUT2D eigenvalue weighted by molar-refractivity contribution is 0.0748. The number of urea groups is 1. The van der Waals surface area contributed by atoms with Gasteiger partial charge in [-0.1, -0.05) is 6.42 Å². The molecular weight excluding hydrogens is 344 g/mol. The molecule has 2 aliphatic rings. The van der Waals surface area contributed by atoms with Gasteiger partial charge in [0.2, 0.25) is 0 Å². The van der Waals surface area contributed by atoms with Crippen molar-refractivity contribution in [1.82, 2.24) is 14.0 Å². The van der Waals surface area contributed by atoms with Gasteiger partial charge < -0.3 is 15.0 Å². The Labute approximate surface area is 158 Å². The fourth-order valence-corrected chi connectivity index (χ4v) is 4.05. The Balaban J connectivity index is 1.51. The molecule has 0 unspecified atom stereocenters. The number of anilines is 1. The molecule has 7 heteroatoms. The summed E-state index contributed by atoms with van der Waals surface area (Å²) in [5, 5.41) is 3.02. The van der Waals surface area contributed by atoms with E-state index < -0.39 is 0 Å². The van der Waals surface area contributed by atoms with Crippen LogP contribution in [0.1, 0.15) is 32.1 Å². The summed E-state index contributed by atoms with van der Waals surface area (Å²) in [6.45, 7) is 2.23. The van der Waals surface area contributed by atoms with Gasteiger partial charge in [0.15, 0.2) is 0 Å². The number of carbonyl (C=O) groups excluding carboxylic acids is 1. The minimum atomic E-state index is -0.0855. The summed E-state index contributed by atoms with van der Waals surface area (Å²) in [5.41, 5.74) is 2.30. The minimum Gasteiger partial charge on any atom is -0.376 e. The zero-order valence-corrected chi connectivity index (χ0v) is 16.1. The highest BCUT2D eigenvalue weighted by Gasteiger charge is 2.27. The molecule has 2 fully saturated rings. The van der Waals surface area contributed by atoms with Gasteiger partial charge in [0.05, 0.1) is 17.1 Å². The van der Waals surface area contributed by atoms with E-state index in [1.165, 1.54) is 19.3 Å². The Morgan fingerprint density at radius 1 is 1.15 bits per heavy atom. The maximum absolute atomic E-state index is 13.0. The molecule has 1 N–H and O–H groups in total. The van der Waals surface area contributed by atoms with E-state index in [1.54, 1.807) is 23.2 Å². The Morgan fingerprint density at radius 2 is 1.93 bits per heavy atom. The topological polar surface area (TPSA) is 68.5 Å². The van der Waals surface area contributed by atoms with Gasteiger partial charge >= 0.3 is 11.7 Å². The fraction of sp³-hybridized carbons (Fsp3) is 0.600. The second-order valence-corrected chi connectivity index (χ2v) is 7.87. The Morgan fingerprint density at radius 3 is 2.59 bits per heavy atom. The summed E-state index contributed by atoms with van der Waals surface area (Å²) >= 11 is 0. The molecule has 4 rings (SSSR count). The molecule has 7 nitrogen and oxygen atoms in total. The number of carbonyl (C=O) groups is 1. The number of benzene rings is 1. The number of hydrogen-bond acceptors (Lipinski definition) is 3. The van der Waals surface area contributed by atoms with E-state index in [1.807, 2.05) is 23.1 Å². The van der Waals surface area contributed by atoms with Crippen molar-refractivity contribution in [3.8, 4) is 0 Å². The molecule has 2 heterocycles. The van der Waals surface area contributed by atoms with Crippen molar-refractivity contribution in [1.29, 1.82) is 0 Å². The van der Waals surface area contributed by atoms with Crippen LogP contribution in [-0.2, 0) is 18.8 Å². The maximum atomic E-state index is 13.0. The van der Waals surface area contributed by atoms with Gasteiger partial charge in [0.1, 0.15) is 0 Å². The first-order chi connectivity index (χ1) is 13.0. The van der Waals surface area contributed by atoms with Crippen LogP contribution >= 0.6 is 0 Å². The second kappa shape index (κ2) is 7.38. The van der Waals surface area contributed by atoms with Gasteiger partial charge in [0.25, 0.3) is 0 Å². The average Bonchev–Trinajstić information content (AvgIpc) is 3.21. The van der Waals surface area contributed by atoms with Crippen LogP contribution in [0.3, 0.4) is 0 Å². The van der Waals surface area contributed by atoms with Crippen LogP contribution in [0, 0.1) is 5.92 Å². The number of imidazole rings is 1. The highest BCUT2D eigenvalue weighted by atomic mass is 16.5. The molecule has 1 aliphatic heterocycles. The first-order valence-corrected chi connectivity index (χ1v) is 9.86. The third-order valence-corrected chi connectivity index (χ3v) is 5.96. The van der Waals surface area contributed by atoms with Crippen molar-refractivity contribution in [2.24, 2.45) is 20.0 Å². The predicted molar refractivity (Wildman–Crippen MR) is 105 cm³/mol. The van der Waals surface area contributed by atoms with E-state index in [2.05, 4.69) is 5.32 Å². The summed E-state index contributed by atoms with van der Waals surface area (Å²) < 4.78 is 8.96. The largest absolute Gasteiger partial charge is 0.376 e. The highest BCUT2D eigenvalue weighted by molar-refractivity contribution is 5.92. The van der Waals surface area contributed by atoms with Gasteiger partial charge in [-0.3, -0.25) is 9.13 Å². The maximum Gasteiger partial charge on any atom is 0.328 e. The zero-order valence-electron chi connectivity index (χ0n) is 16.1. The van der Waals surface area contributed by atoms with Gasteiger partial charge in [-0.15, -0.1) is 0 Å². The summed E-state index contributed by atoms with van der Waals surface area (Å²) in [6, 6.07) is 5.51. The van der Waals surface area contributed by atoms with Crippen molar-refractivity contribution in [3.63, 3.8) is 0 Å². The first-order valence-electron chi connectivity index (χ1n) is 9.86. The highest BCUT2D eigenvalue weighted by Crippen LogP contribution is 2.28. The quantitative estimate of drug-likeness (QED) is 0.877. The Bertz CT molecular complexity index is 890. The van der Waals surface area contributed by atoms with Crippen LogP contribution in [0.15, 0.2) is 23.0 Å². The van der Waals surface area contributed by atoms with Crippen LogP contribution < -0.4 is 11.0 Å². The molecule has 1 atom stereocenters. The van der Waals surface area contributed by atoms with Crippen molar-refractivity contribution in [3.05, 3.63) is 28.7 Å². The number of aromatic nitrogens is 2. The number of fused-ring (bicyclic) bond motifs is 1. The summed E-state index contributed by atoms with van der Waals surface area (Å²) in [7, 11) is 3.50. The average molecular weight is 372 g/mol. The minimum absolute atomic E-state index is 0.0709. The SMILES string of the molecule is Cn1c(=O)n(C)c2cc(NC(=O)N(CC3CCC3)C[C@@H]3CCCO3)ccc21. The third kappa shape index (κ3) is 3.60. The first kappa shape index (κ1) is 18.1. The standard InChI is InChI=1S/C20H28N4O3/c1-22-17-9-8-15(11-18(17)23(2)20(22)26)21-19(25)24(12-14-5-3-6-14)13-16-7-4-10-27-16/h8-9,11,14,16H,3-7,10,12-13H2,1-2H3,(H,21,25)/t16-/m0/s1. The van der Waals surface area contributed by atoms with Gasteiger partial charge in [0, 0.05) is 39.5 Å². The molecule has 146 valence electrons. The van der Waals surface area contributed by atoms with Crippen molar-refractivity contribution in [2.45, 2.75) is 38.2 Å². The number of rotatable bonds is 5. The van der Waals surface area contributed by atoms with Crippen LogP contribution in [0.4, 0.5) is 10.5 Å². The van der Waals surface area contributed by atoms with E-state index in [0.717, 1.165) is 37.0 Å². The molecular formula is C20H28N4O3. The second-order valence-electron chi connectivity index (χ2n) is 7.87. The smallest absolute Gasteiger partial charge is 0.328 e. The van der Waals surface area contributed by atoms with Crippen molar-refractivity contribution < 1.29 is 9.53 Å². The van der Waals surface area contributed by atoms with Crippen LogP contribution in [0.2, 0.25) is 0 Å². The molecule has 2 aromatic rings. The number of amides is 2. The summed E-state index contributed by atoms with van der Waals surface area (Å²) in [5.74, 6) is 0.606. The Hall–Kier alpha value is -2.28. The van der Waals surface area contributed by atoms with E-state index in [0.29, 0.717) is 18.2 Å². The molecule has 1 aromatic heterocycles. The van der Waals surface area contributed by atoms with Gasteiger partial charge in [-0.2, -0.15) is 0 Å². The third-order valence-electron chi connectivity index (χ3n) is 5.96. The fourth-order valence-electron chi connectivity index (χ4n) is 4.05. The molecule has 0 radical (unpaired) electrons. The van der Waals surface area contributed by atoms with E-state index in [9.17, 15) is 9.59 Å². The zero-order chi connectivity index (χ0) is 19.0.